The quantitative estimate of drug-likeness (QED) is 0.296. The molecular weight excluding hydrogens is 470 g/mol. The molecule has 0 bridgehead atoms. The summed E-state index contributed by atoms with van der Waals surface area (Å²) in [4.78, 5) is 12.6. The van der Waals surface area contributed by atoms with Gasteiger partial charge in [0.1, 0.15) is 17.1 Å². The zero-order chi connectivity index (χ0) is 24.8. The number of nitrogens with one attached hydrogen (secondary N) is 1. The first kappa shape index (κ1) is 22.9. The standard InChI is InChI=1S/C31H28ClNO3/c32-23-10-6-11-24(20-23)33-31(29(34)35)17-15-30(16-18-31)25-12-5-4-9-22(25)19-26(30)28-14-13-27(36-28)21-7-2-1-3-8-21/h1-14,20,26,33H,15-19H2,(H,34,35). The highest BCUT2D eigenvalue weighted by Crippen LogP contribution is 2.58. The van der Waals surface area contributed by atoms with Crippen LogP contribution in [0, 0.1) is 0 Å². The summed E-state index contributed by atoms with van der Waals surface area (Å²) in [5, 5.41) is 14.3. The lowest BCUT2D eigenvalue weighted by Crippen LogP contribution is -2.52. The van der Waals surface area contributed by atoms with Crippen LogP contribution in [0.2, 0.25) is 5.02 Å². The number of hydrogen-bond acceptors (Lipinski definition) is 3. The van der Waals surface area contributed by atoms with Crippen LogP contribution in [0.5, 0.6) is 0 Å². The van der Waals surface area contributed by atoms with Crippen molar-refractivity contribution in [1.82, 2.24) is 0 Å². The molecule has 5 heteroatoms. The van der Waals surface area contributed by atoms with E-state index in [2.05, 4.69) is 53.8 Å². The third-order valence-corrected chi connectivity index (χ3v) is 8.52. The molecule has 1 spiro atoms. The molecule has 2 aliphatic carbocycles. The highest BCUT2D eigenvalue weighted by Gasteiger charge is 2.55. The number of hydrogen-bond donors (Lipinski definition) is 2. The zero-order valence-electron chi connectivity index (χ0n) is 19.9. The third-order valence-electron chi connectivity index (χ3n) is 8.29. The molecule has 0 saturated heterocycles. The van der Waals surface area contributed by atoms with Crippen molar-refractivity contribution in [3.63, 3.8) is 0 Å². The molecule has 4 aromatic rings. The summed E-state index contributed by atoms with van der Waals surface area (Å²) in [6, 6.07) is 30.3. The minimum Gasteiger partial charge on any atom is -0.480 e. The van der Waals surface area contributed by atoms with Crippen LogP contribution in [0.15, 0.2) is 95.4 Å². The molecule has 0 aliphatic heterocycles. The summed E-state index contributed by atoms with van der Waals surface area (Å²) in [5.74, 6) is 1.21. The first-order chi connectivity index (χ1) is 17.5. The predicted octanol–water partition coefficient (Wildman–Crippen LogP) is 7.69. The van der Waals surface area contributed by atoms with E-state index in [0.717, 1.165) is 42.0 Å². The summed E-state index contributed by atoms with van der Waals surface area (Å²) < 4.78 is 6.47. The van der Waals surface area contributed by atoms with E-state index in [1.165, 1.54) is 11.1 Å². The van der Waals surface area contributed by atoms with Gasteiger partial charge in [-0.05, 0) is 73.6 Å². The summed E-state index contributed by atoms with van der Waals surface area (Å²) in [7, 11) is 0. The van der Waals surface area contributed by atoms with Crippen LogP contribution in [-0.4, -0.2) is 16.6 Å². The van der Waals surface area contributed by atoms with Gasteiger partial charge in [0.2, 0.25) is 0 Å². The zero-order valence-corrected chi connectivity index (χ0v) is 20.7. The van der Waals surface area contributed by atoms with Crippen LogP contribution in [0.25, 0.3) is 11.3 Å². The highest BCUT2D eigenvalue weighted by atomic mass is 35.5. The van der Waals surface area contributed by atoms with Gasteiger partial charge >= 0.3 is 5.97 Å². The molecule has 6 rings (SSSR count). The lowest BCUT2D eigenvalue weighted by molar-refractivity contribution is -0.144. The normalized spacial score (nSPS) is 25.0. The number of halogens is 1. The molecule has 1 saturated carbocycles. The molecular formula is C31H28ClNO3. The highest BCUT2D eigenvalue weighted by molar-refractivity contribution is 6.30. The smallest absolute Gasteiger partial charge is 0.329 e. The van der Waals surface area contributed by atoms with Crippen LogP contribution < -0.4 is 5.32 Å². The number of carboxylic acids is 1. The molecule has 1 aromatic heterocycles. The van der Waals surface area contributed by atoms with E-state index in [0.29, 0.717) is 17.9 Å². The van der Waals surface area contributed by atoms with Crippen LogP contribution in [0.4, 0.5) is 5.69 Å². The van der Waals surface area contributed by atoms with Gasteiger partial charge in [-0.25, -0.2) is 4.79 Å². The Morgan fingerprint density at radius 1 is 0.889 bits per heavy atom. The van der Waals surface area contributed by atoms with Crippen LogP contribution in [0.1, 0.15) is 48.5 Å². The SMILES string of the molecule is O=C(O)C1(Nc2cccc(Cl)c2)CCC2(CC1)c1ccccc1CC2c1ccc(-c2ccccc2)o1. The number of aliphatic carboxylic acids is 1. The molecule has 36 heavy (non-hydrogen) atoms. The molecule has 2 N–H and O–H groups in total. The molecule has 0 radical (unpaired) electrons. The van der Waals surface area contributed by atoms with E-state index in [4.69, 9.17) is 16.0 Å². The molecule has 1 fully saturated rings. The molecule has 4 nitrogen and oxygen atoms in total. The fraction of sp³-hybridized carbons (Fsp3) is 0.258. The van der Waals surface area contributed by atoms with Crippen LogP contribution >= 0.6 is 11.6 Å². The van der Waals surface area contributed by atoms with Crippen molar-refractivity contribution in [2.24, 2.45) is 0 Å². The second-order valence-electron chi connectivity index (χ2n) is 10.2. The molecule has 182 valence electrons. The number of carbonyl (C=O) groups is 1. The Labute approximate surface area is 215 Å². The number of benzene rings is 3. The van der Waals surface area contributed by atoms with Gasteiger partial charge in [-0.2, -0.15) is 0 Å². The monoisotopic (exact) mass is 497 g/mol. The second kappa shape index (κ2) is 8.86. The minimum absolute atomic E-state index is 0.155. The average Bonchev–Trinajstić information content (AvgIpc) is 3.50. The van der Waals surface area contributed by atoms with E-state index in [-0.39, 0.29) is 11.3 Å². The van der Waals surface area contributed by atoms with Gasteiger partial charge in [-0.1, -0.05) is 72.3 Å². The molecule has 2 aliphatic rings. The maximum absolute atomic E-state index is 12.6. The largest absolute Gasteiger partial charge is 0.480 e. The van der Waals surface area contributed by atoms with Crippen LogP contribution in [-0.2, 0) is 16.6 Å². The van der Waals surface area contributed by atoms with Gasteiger partial charge in [0.05, 0.1) is 0 Å². The van der Waals surface area contributed by atoms with E-state index in [9.17, 15) is 9.90 Å². The number of fused-ring (bicyclic) bond motifs is 2. The van der Waals surface area contributed by atoms with Crippen molar-refractivity contribution in [3.8, 4) is 11.3 Å². The Bertz CT molecular complexity index is 1400. The maximum atomic E-state index is 12.6. The maximum Gasteiger partial charge on any atom is 0.329 e. The minimum atomic E-state index is -1.03. The van der Waals surface area contributed by atoms with E-state index in [1.54, 1.807) is 12.1 Å². The second-order valence-corrected chi connectivity index (χ2v) is 10.6. The average molecular weight is 498 g/mol. The van der Waals surface area contributed by atoms with Crippen molar-refractivity contribution < 1.29 is 14.3 Å². The van der Waals surface area contributed by atoms with Gasteiger partial charge in [-0.3, -0.25) is 0 Å². The summed E-state index contributed by atoms with van der Waals surface area (Å²) in [5.41, 5.74) is 3.30. The van der Waals surface area contributed by atoms with Crippen molar-refractivity contribution in [2.75, 3.05) is 5.32 Å². The van der Waals surface area contributed by atoms with Crippen molar-refractivity contribution in [1.29, 1.82) is 0 Å². The first-order valence-electron chi connectivity index (χ1n) is 12.5. The number of rotatable bonds is 5. The molecule has 1 heterocycles. The topological polar surface area (TPSA) is 62.5 Å². The van der Waals surface area contributed by atoms with E-state index >= 15 is 0 Å². The van der Waals surface area contributed by atoms with Crippen molar-refractivity contribution in [2.45, 2.75) is 49.0 Å². The van der Waals surface area contributed by atoms with Gasteiger partial charge in [0, 0.05) is 27.6 Å². The van der Waals surface area contributed by atoms with Gasteiger partial charge < -0.3 is 14.8 Å². The fourth-order valence-electron chi connectivity index (χ4n) is 6.43. The van der Waals surface area contributed by atoms with Crippen molar-refractivity contribution >= 4 is 23.3 Å². The number of furan rings is 1. The Morgan fingerprint density at radius 3 is 2.39 bits per heavy atom. The lowest BCUT2D eigenvalue weighted by Gasteiger charge is -2.46. The number of carboxylic acid groups (broad SMARTS) is 1. The summed E-state index contributed by atoms with van der Waals surface area (Å²) >= 11 is 6.18. The van der Waals surface area contributed by atoms with E-state index in [1.807, 2.05) is 30.3 Å². The molecule has 3 aromatic carbocycles. The van der Waals surface area contributed by atoms with Crippen molar-refractivity contribution in [3.05, 3.63) is 113 Å². The van der Waals surface area contributed by atoms with Gasteiger partial charge in [0.15, 0.2) is 0 Å². The number of anilines is 1. The van der Waals surface area contributed by atoms with Crippen LogP contribution in [0.3, 0.4) is 0 Å². The Hall–Kier alpha value is -3.50. The Kier molecular flexibility index (Phi) is 5.65. The first-order valence-corrected chi connectivity index (χ1v) is 12.9. The molecule has 1 atom stereocenters. The lowest BCUT2D eigenvalue weighted by atomic mass is 9.60. The fourth-order valence-corrected chi connectivity index (χ4v) is 6.62. The third kappa shape index (κ3) is 3.81. The predicted molar refractivity (Wildman–Crippen MR) is 143 cm³/mol. The van der Waals surface area contributed by atoms with Gasteiger partial charge in [-0.15, -0.1) is 0 Å². The molecule has 1 unspecified atom stereocenters. The Morgan fingerprint density at radius 2 is 1.64 bits per heavy atom. The summed E-state index contributed by atoms with van der Waals surface area (Å²) in [6.45, 7) is 0. The Balaban J connectivity index is 1.34. The van der Waals surface area contributed by atoms with Gasteiger partial charge in [0.25, 0.3) is 0 Å². The molecule has 0 amide bonds. The van der Waals surface area contributed by atoms with E-state index < -0.39 is 11.5 Å². The summed E-state index contributed by atoms with van der Waals surface area (Å²) in [6.07, 6.45) is 3.46.